The van der Waals surface area contributed by atoms with Gasteiger partial charge in [0.15, 0.2) is 5.96 Å². The smallest absolute Gasteiger partial charge is 0.191 e. The Morgan fingerprint density at radius 1 is 1.03 bits per heavy atom. The van der Waals surface area contributed by atoms with Gasteiger partial charge < -0.3 is 30.0 Å². The molecule has 2 rings (SSSR count). The average Bonchev–Trinajstić information content (AvgIpc) is 2.78. The van der Waals surface area contributed by atoms with Crippen LogP contribution in [0.3, 0.4) is 0 Å². The van der Waals surface area contributed by atoms with Gasteiger partial charge in [0.2, 0.25) is 0 Å². The number of aliphatic hydroxyl groups excluding tert-OH is 1. The molecule has 3 N–H and O–H groups in total. The number of aliphatic imine (C=N–C) groups is 1. The van der Waals surface area contributed by atoms with Crippen LogP contribution in [0.5, 0.6) is 11.5 Å². The molecule has 0 radical (unpaired) electrons. The van der Waals surface area contributed by atoms with Crippen molar-refractivity contribution >= 4 is 5.96 Å². The number of hydrogen-bond donors (Lipinski definition) is 3. The fraction of sp³-hybridized carbons (Fsp3) is 0.480. The summed E-state index contributed by atoms with van der Waals surface area (Å²) in [6.07, 6.45) is 0.253. The van der Waals surface area contributed by atoms with Gasteiger partial charge in [-0.3, -0.25) is 0 Å². The summed E-state index contributed by atoms with van der Waals surface area (Å²) in [5.74, 6) is 2.22. The molecule has 32 heavy (non-hydrogen) atoms. The Morgan fingerprint density at radius 2 is 1.81 bits per heavy atom. The molecule has 0 saturated heterocycles. The first-order valence-electron chi connectivity index (χ1n) is 11.2. The van der Waals surface area contributed by atoms with Crippen LogP contribution in [0.15, 0.2) is 53.5 Å². The molecular formula is C25H37N3O4. The number of nitrogens with one attached hydrogen (secondary N) is 2. The number of nitrogens with zero attached hydrogens (tertiary/aromatic N) is 1. The number of ether oxygens (including phenoxy) is 3. The van der Waals surface area contributed by atoms with E-state index in [4.69, 9.17) is 14.2 Å². The number of hydrogen-bond acceptors (Lipinski definition) is 5. The quantitative estimate of drug-likeness (QED) is 0.249. The summed E-state index contributed by atoms with van der Waals surface area (Å²) < 4.78 is 16.5. The minimum absolute atomic E-state index is 0.0854. The zero-order chi connectivity index (χ0) is 23.2. The molecule has 0 aliphatic heterocycles. The molecular weight excluding hydrogens is 406 g/mol. The molecule has 1 atom stereocenters. The molecule has 0 bridgehead atoms. The number of guanidine groups is 1. The molecule has 7 heteroatoms. The summed E-state index contributed by atoms with van der Waals surface area (Å²) in [7, 11) is 1.69. The predicted molar refractivity (Wildman–Crippen MR) is 128 cm³/mol. The molecule has 0 heterocycles. The van der Waals surface area contributed by atoms with Gasteiger partial charge >= 0.3 is 0 Å². The SMILES string of the molecule is CCNC(=NCc1cccc(OCCCOC)c1)NCC(O)c1cccc(OC(C)C)c1. The average molecular weight is 444 g/mol. The van der Waals surface area contributed by atoms with Crippen LogP contribution < -0.4 is 20.1 Å². The molecule has 2 aromatic rings. The standard InChI is InChI=1S/C25H37N3O4/c1-5-26-25(27-17-20-9-6-11-22(15-20)31-14-8-13-30-4)28-18-24(29)21-10-7-12-23(16-21)32-19(2)3/h6-7,9-12,15-16,19,24,29H,5,8,13-14,17-18H2,1-4H3,(H2,26,27,28). The first-order valence-corrected chi connectivity index (χ1v) is 11.2. The monoisotopic (exact) mass is 443 g/mol. The topological polar surface area (TPSA) is 84.3 Å². The van der Waals surface area contributed by atoms with E-state index in [2.05, 4.69) is 15.6 Å². The second kappa shape index (κ2) is 14.3. The molecule has 1 unspecified atom stereocenters. The van der Waals surface area contributed by atoms with Crippen LogP contribution in [-0.4, -0.2) is 50.6 Å². The highest BCUT2D eigenvalue weighted by Gasteiger charge is 2.10. The highest BCUT2D eigenvalue weighted by atomic mass is 16.5. The Balaban J connectivity index is 1.93. The van der Waals surface area contributed by atoms with Gasteiger partial charge in [0.25, 0.3) is 0 Å². The van der Waals surface area contributed by atoms with Crippen molar-refractivity contribution in [2.75, 3.05) is 33.4 Å². The van der Waals surface area contributed by atoms with E-state index >= 15 is 0 Å². The van der Waals surface area contributed by atoms with Crippen molar-refractivity contribution < 1.29 is 19.3 Å². The fourth-order valence-corrected chi connectivity index (χ4v) is 3.02. The van der Waals surface area contributed by atoms with E-state index in [0.717, 1.165) is 35.6 Å². The van der Waals surface area contributed by atoms with Gasteiger partial charge in [-0.2, -0.15) is 0 Å². The highest BCUT2D eigenvalue weighted by molar-refractivity contribution is 5.79. The van der Waals surface area contributed by atoms with Crippen molar-refractivity contribution in [2.45, 2.75) is 45.9 Å². The third-order valence-electron chi connectivity index (χ3n) is 4.50. The molecule has 2 aromatic carbocycles. The lowest BCUT2D eigenvalue weighted by molar-refractivity contribution is 0.172. The van der Waals surface area contributed by atoms with E-state index in [1.807, 2.05) is 69.3 Å². The van der Waals surface area contributed by atoms with E-state index in [1.54, 1.807) is 7.11 Å². The Morgan fingerprint density at radius 3 is 2.56 bits per heavy atom. The van der Waals surface area contributed by atoms with Gasteiger partial charge in [-0.25, -0.2) is 4.99 Å². The molecule has 0 aliphatic carbocycles. The first-order chi connectivity index (χ1) is 15.5. The predicted octanol–water partition coefficient (Wildman–Crippen LogP) is 3.68. The Bertz CT molecular complexity index is 826. The lowest BCUT2D eigenvalue weighted by atomic mass is 10.1. The lowest BCUT2D eigenvalue weighted by Crippen LogP contribution is -2.39. The van der Waals surface area contributed by atoms with Crippen LogP contribution in [0, 0.1) is 0 Å². The third-order valence-corrected chi connectivity index (χ3v) is 4.50. The largest absolute Gasteiger partial charge is 0.493 e. The Labute approximate surface area is 191 Å². The fourth-order valence-electron chi connectivity index (χ4n) is 3.02. The zero-order valence-corrected chi connectivity index (χ0v) is 19.6. The molecule has 176 valence electrons. The number of benzene rings is 2. The van der Waals surface area contributed by atoms with E-state index in [0.29, 0.717) is 32.3 Å². The Hall–Kier alpha value is -2.77. The van der Waals surface area contributed by atoms with Gasteiger partial charge in [-0.1, -0.05) is 24.3 Å². The molecule has 0 aromatic heterocycles. The zero-order valence-electron chi connectivity index (χ0n) is 19.6. The first kappa shape index (κ1) is 25.5. The van der Waals surface area contributed by atoms with E-state index in [9.17, 15) is 5.11 Å². The van der Waals surface area contributed by atoms with Gasteiger partial charge in [0.1, 0.15) is 11.5 Å². The van der Waals surface area contributed by atoms with Gasteiger partial charge in [-0.15, -0.1) is 0 Å². The summed E-state index contributed by atoms with van der Waals surface area (Å²) in [5, 5.41) is 17.0. The molecule has 0 amide bonds. The maximum atomic E-state index is 10.6. The van der Waals surface area contributed by atoms with Crippen LogP contribution in [0.4, 0.5) is 0 Å². The van der Waals surface area contributed by atoms with Crippen LogP contribution in [-0.2, 0) is 11.3 Å². The number of aliphatic hydroxyl groups is 1. The summed E-state index contributed by atoms with van der Waals surface area (Å²) in [6.45, 7) is 8.82. The summed E-state index contributed by atoms with van der Waals surface area (Å²) >= 11 is 0. The van der Waals surface area contributed by atoms with Crippen molar-refractivity contribution in [3.8, 4) is 11.5 Å². The van der Waals surface area contributed by atoms with Crippen molar-refractivity contribution in [1.82, 2.24) is 10.6 Å². The highest BCUT2D eigenvalue weighted by Crippen LogP contribution is 2.20. The van der Waals surface area contributed by atoms with Crippen LogP contribution >= 0.6 is 0 Å². The summed E-state index contributed by atoms with van der Waals surface area (Å²) in [6, 6.07) is 15.5. The molecule has 0 fully saturated rings. The van der Waals surface area contributed by atoms with Crippen molar-refractivity contribution in [1.29, 1.82) is 0 Å². The van der Waals surface area contributed by atoms with Gasteiger partial charge in [0, 0.05) is 33.2 Å². The normalized spacial score (nSPS) is 12.5. The molecule has 0 aliphatic rings. The van der Waals surface area contributed by atoms with Crippen molar-refractivity contribution in [3.05, 3.63) is 59.7 Å². The van der Waals surface area contributed by atoms with Crippen molar-refractivity contribution in [3.63, 3.8) is 0 Å². The van der Waals surface area contributed by atoms with E-state index in [-0.39, 0.29) is 6.10 Å². The number of methoxy groups -OCH3 is 1. The summed E-state index contributed by atoms with van der Waals surface area (Å²) in [4.78, 5) is 4.64. The second-order valence-electron chi connectivity index (χ2n) is 7.67. The molecule has 0 spiro atoms. The molecule has 0 saturated carbocycles. The van der Waals surface area contributed by atoms with Crippen LogP contribution in [0.25, 0.3) is 0 Å². The molecule has 7 nitrogen and oxygen atoms in total. The minimum atomic E-state index is -0.682. The Kier molecular flexibility index (Phi) is 11.4. The third kappa shape index (κ3) is 9.58. The van der Waals surface area contributed by atoms with Crippen LogP contribution in [0.2, 0.25) is 0 Å². The number of rotatable bonds is 13. The van der Waals surface area contributed by atoms with Gasteiger partial charge in [0.05, 0.1) is 25.4 Å². The maximum Gasteiger partial charge on any atom is 0.191 e. The van der Waals surface area contributed by atoms with Crippen LogP contribution in [0.1, 0.15) is 44.4 Å². The summed E-state index contributed by atoms with van der Waals surface area (Å²) in [5.41, 5.74) is 1.84. The van der Waals surface area contributed by atoms with E-state index in [1.165, 1.54) is 0 Å². The van der Waals surface area contributed by atoms with Gasteiger partial charge in [-0.05, 0) is 56.2 Å². The van der Waals surface area contributed by atoms with E-state index < -0.39 is 6.10 Å². The maximum absolute atomic E-state index is 10.6. The minimum Gasteiger partial charge on any atom is -0.493 e. The van der Waals surface area contributed by atoms with Crippen molar-refractivity contribution in [2.24, 2.45) is 4.99 Å². The lowest BCUT2D eigenvalue weighted by Gasteiger charge is -2.17. The second-order valence-corrected chi connectivity index (χ2v) is 7.67.